The van der Waals surface area contributed by atoms with Gasteiger partial charge in [-0.3, -0.25) is 0 Å². The second-order valence-corrected chi connectivity index (χ2v) is 3.82. The fourth-order valence-corrected chi connectivity index (χ4v) is 1.77. The van der Waals surface area contributed by atoms with E-state index in [-0.39, 0.29) is 11.7 Å². The molecule has 0 aromatic carbocycles. The summed E-state index contributed by atoms with van der Waals surface area (Å²) in [5, 5.41) is 10.1. The number of hydrogen-bond acceptors (Lipinski definition) is 6. The van der Waals surface area contributed by atoms with Gasteiger partial charge in [-0.2, -0.15) is 4.98 Å². The van der Waals surface area contributed by atoms with Crippen molar-refractivity contribution < 1.29 is 14.6 Å². The first-order valence-corrected chi connectivity index (χ1v) is 5.13. The number of aliphatic carboxylic acids is 1. The summed E-state index contributed by atoms with van der Waals surface area (Å²) in [7, 11) is 0. The third kappa shape index (κ3) is 1.87. The van der Waals surface area contributed by atoms with Crippen molar-refractivity contribution in [3.05, 3.63) is 28.2 Å². The van der Waals surface area contributed by atoms with Gasteiger partial charge < -0.3 is 15.6 Å². The van der Waals surface area contributed by atoms with E-state index in [4.69, 9.17) is 15.6 Å². The van der Waals surface area contributed by atoms with Crippen LogP contribution in [0.4, 0.5) is 5.82 Å². The molecule has 0 saturated heterocycles. The normalized spacial score (nSPS) is 19.0. The van der Waals surface area contributed by atoms with E-state index >= 15 is 0 Å². The minimum atomic E-state index is -1.10. The minimum Gasteiger partial charge on any atom is -0.478 e. The van der Waals surface area contributed by atoms with Gasteiger partial charge in [0.25, 0.3) is 0 Å². The average molecular weight is 241 g/mol. The van der Waals surface area contributed by atoms with Gasteiger partial charge in [-0.25, -0.2) is 14.2 Å². The number of hydrogen-bond donors (Lipinski definition) is 2. The van der Waals surface area contributed by atoms with E-state index in [0.29, 0.717) is 0 Å². The third-order valence-corrected chi connectivity index (χ3v) is 2.67. The highest BCUT2D eigenvalue weighted by molar-refractivity contribution is 8.03. The summed E-state index contributed by atoms with van der Waals surface area (Å²) in [5.41, 5.74) is 3.68. The SMILES string of the molecule is Nc1ccn(C2=CSC(C(=O)O)O2)c(=O)n1. The van der Waals surface area contributed by atoms with Crippen LogP contribution in [0, 0.1) is 0 Å². The average Bonchev–Trinajstić information content (AvgIpc) is 2.66. The zero-order valence-corrected chi connectivity index (χ0v) is 8.68. The Bertz CT molecular complexity index is 524. The summed E-state index contributed by atoms with van der Waals surface area (Å²) in [6.07, 6.45) is 1.38. The summed E-state index contributed by atoms with van der Waals surface area (Å²) < 4.78 is 6.13. The Labute approximate surface area is 93.5 Å². The molecule has 16 heavy (non-hydrogen) atoms. The molecule has 1 atom stereocenters. The third-order valence-electron chi connectivity index (χ3n) is 1.78. The first kappa shape index (κ1) is 10.6. The fraction of sp³-hybridized carbons (Fsp3) is 0.125. The van der Waals surface area contributed by atoms with Crippen LogP contribution in [0.15, 0.2) is 22.5 Å². The zero-order valence-electron chi connectivity index (χ0n) is 7.86. The molecule has 8 heteroatoms. The number of ether oxygens (including phenoxy) is 1. The summed E-state index contributed by atoms with van der Waals surface area (Å²) >= 11 is 0.964. The molecule has 0 aliphatic carbocycles. The molecule has 1 aliphatic rings. The predicted octanol–water partition coefficient (Wildman–Crippen LogP) is -0.245. The van der Waals surface area contributed by atoms with Crippen molar-refractivity contribution in [2.75, 3.05) is 5.73 Å². The van der Waals surface area contributed by atoms with Crippen molar-refractivity contribution in [1.82, 2.24) is 9.55 Å². The maximum absolute atomic E-state index is 11.4. The standard InChI is InChI=1S/C8H7N3O4S/c9-4-1-2-11(8(14)10-4)5-3-16-7(15-5)6(12)13/h1-3,7H,(H,12,13)(H2,9,10,14). The molecule has 0 bridgehead atoms. The van der Waals surface area contributed by atoms with Crippen molar-refractivity contribution >= 4 is 29.4 Å². The van der Waals surface area contributed by atoms with Crippen LogP contribution in [0.25, 0.3) is 5.88 Å². The Morgan fingerprint density at radius 1 is 1.69 bits per heavy atom. The van der Waals surface area contributed by atoms with Gasteiger partial charge in [0.05, 0.1) is 0 Å². The Kier molecular flexibility index (Phi) is 2.57. The number of nitrogens with two attached hydrogens (primary N) is 1. The minimum absolute atomic E-state index is 0.0993. The maximum atomic E-state index is 11.4. The van der Waals surface area contributed by atoms with Crippen molar-refractivity contribution in [3.8, 4) is 0 Å². The molecule has 1 aromatic heterocycles. The molecular formula is C8H7N3O4S. The number of carbonyl (C=O) groups is 1. The number of aromatic nitrogens is 2. The van der Waals surface area contributed by atoms with Gasteiger partial charge in [0.15, 0.2) is 0 Å². The van der Waals surface area contributed by atoms with E-state index in [2.05, 4.69) is 4.98 Å². The van der Waals surface area contributed by atoms with Crippen LogP contribution in [-0.4, -0.2) is 26.1 Å². The van der Waals surface area contributed by atoms with Gasteiger partial charge in [0.1, 0.15) is 5.82 Å². The van der Waals surface area contributed by atoms with E-state index in [0.717, 1.165) is 16.3 Å². The van der Waals surface area contributed by atoms with Crippen LogP contribution in [0.3, 0.4) is 0 Å². The number of carboxylic acid groups (broad SMARTS) is 1. The Balaban J connectivity index is 2.27. The summed E-state index contributed by atoms with van der Waals surface area (Å²) in [4.78, 5) is 25.5. The maximum Gasteiger partial charge on any atom is 0.356 e. The molecule has 0 fully saturated rings. The number of carboxylic acids is 1. The molecule has 2 heterocycles. The molecular weight excluding hydrogens is 234 g/mol. The topological polar surface area (TPSA) is 107 Å². The van der Waals surface area contributed by atoms with Gasteiger partial charge in [-0.15, -0.1) is 0 Å². The first-order valence-electron chi connectivity index (χ1n) is 4.18. The van der Waals surface area contributed by atoms with Gasteiger partial charge >= 0.3 is 11.7 Å². The van der Waals surface area contributed by atoms with Crippen LogP contribution < -0.4 is 11.4 Å². The van der Waals surface area contributed by atoms with E-state index in [1.807, 2.05) is 0 Å². The summed E-state index contributed by atoms with van der Waals surface area (Å²) in [5.74, 6) is -0.870. The molecule has 1 unspecified atom stereocenters. The van der Waals surface area contributed by atoms with Crippen molar-refractivity contribution in [2.45, 2.75) is 5.44 Å². The molecule has 0 saturated carbocycles. The van der Waals surface area contributed by atoms with Crippen LogP contribution in [0.1, 0.15) is 0 Å². The quantitative estimate of drug-likeness (QED) is 0.735. The molecule has 2 rings (SSSR count). The van der Waals surface area contributed by atoms with Crippen molar-refractivity contribution in [3.63, 3.8) is 0 Å². The highest BCUT2D eigenvalue weighted by atomic mass is 32.2. The molecule has 0 spiro atoms. The molecule has 1 aromatic rings. The van der Waals surface area contributed by atoms with E-state index < -0.39 is 17.1 Å². The second-order valence-electron chi connectivity index (χ2n) is 2.89. The molecule has 3 N–H and O–H groups in total. The van der Waals surface area contributed by atoms with E-state index in [1.165, 1.54) is 17.7 Å². The predicted molar refractivity (Wildman–Crippen MR) is 57.3 cm³/mol. The van der Waals surface area contributed by atoms with Gasteiger partial charge in [0, 0.05) is 11.6 Å². The molecule has 0 radical (unpaired) electrons. The highest BCUT2D eigenvalue weighted by Gasteiger charge is 2.27. The van der Waals surface area contributed by atoms with E-state index in [1.54, 1.807) is 0 Å². The van der Waals surface area contributed by atoms with Gasteiger partial charge in [0.2, 0.25) is 11.3 Å². The van der Waals surface area contributed by atoms with Crippen LogP contribution in [-0.2, 0) is 9.53 Å². The van der Waals surface area contributed by atoms with Gasteiger partial charge in [-0.05, 0) is 6.07 Å². The van der Waals surface area contributed by atoms with Crippen molar-refractivity contribution in [2.24, 2.45) is 0 Å². The van der Waals surface area contributed by atoms with Crippen molar-refractivity contribution in [1.29, 1.82) is 0 Å². The number of nitrogen functional groups attached to an aromatic ring is 1. The lowest BCUT2D eigenvalue weighted by Gasteiger charge is -2.08. The lowest BCUT2D eigenvalue weighted by atomic mass is 10.6. The monoisotopic (exact) mass is 241 g/mol. The Hall–Kier alpha value is -1.96. The van der Waals surface area contributed by atoms with Crippen LogP contribution in [0.5, 0.6) is 0 Å². The molecule has 0 amide bonds. The smallest absolute Gasteiger partial charge is 0.356 e. The number of nitrogens with zero attached hydrogens (tertiary/aromatic N) is 2. The van der Waals surface area contributed by atoms with E-state index in [9.17, 15) is 9.59 Å². The molecule has 84 valence electrons. The lowest BCUT2D eigenvalue weighted by molar-refractivity contribution is -0.141. The Morgan fingerprint density at radius 3 is 3.00 bits per heavy atom. The van der Waals surface area contributed by atoms with Crippen LogP contribution >= 0.6 is 11.8 Å². The lowest BCUT2D eigenvalue weighted by Crippen LogP contribution is -2.24. The zero-order chi connectivity index (χ0) is 11.7. The summed E-state index contributed by atoms with van der Waals surface area (Å²) in [6.45, 7) is 0. The molecule has 7 nitrogen and oxygen atoms in total. The second kappa shape index (κ2) is 3.89. The fourth-order valence-electron chi connectivity index (χ4n) is 1.09. The number of rotatable bonds is 2. The Morgan fingerprint density at radius 2 is 2.44 bits per heavy atom. The number of anilines is 1. The highest BCUT2D eigenvalue weighted by Crippen LogP contribution is 2.29. The van der Waals surface area contributed by atoms with Gasteiger partial charge in [-0.1, -0.05) is 11.8 Å². The first-order chi connectivity index (χ1) is 7.58. The van der Waals surface area contributed by atoms with Crippen LogP contribution in [0.2, 0.25) is 0 Å². The number of thioether (sulfide) groups is 1. The molecule has 1 aliphatic heterocycles. The largest absolute Gasteiger partial charge is 0.478 e. The summed E-state index contributed by atoms with van der Waals surface area (Å²) in [6, 6.07) is 1.42.